The van der Waals surface area contributed by atoms with Crippen LogP contribution < -0.4 is 10.2 Å². The molecule has 6 heteroatoms. The number of aryl methyl sites for hydroxylation is 1. The lowest BCUT2D eigenvalue weighted by atomic mass is 10.0. The summed E-state index contributed by atoms with van der Waals surface area (Å²) in [5.74, 6) is 0.992. The van der Waals surface area contributed by atoms with E-state index >= 15 is 0 Å². The lowest BCUT2D eigenvalue weighted by Crippen LogP contribution is -2.38. The summed E-state index contributed by atoms with van der Waals surface area (Å²) < 4.78 is 0. The number of hydrogen-bond acceptors (Lipinski definition) is 5. The molecule has 1 aliphatic rings. The smallest absolute Gasteiger partial charge is 0.261 e. The number of nitrogens with one attached hydrogen (secondary N) is 1. The monoisotopic (exact) mass is 346 g/mol. The van der Waals surface area contributed by atoms with Crippen molar-refractivity contribution in [1.29, 1.82) is 0 Å². The molecular formula is C18H26N4OS. The van der Waals surface area contributed by atoms with Gasteiger partial charge in [0.2, 0.25) is 0 Å². The molecule has 1 N–H and O–H groups in total. The molecule has 24 heavy (non-hydrogen) atoms. The molecule has 0 saturated carbocycles. The van der Waals surface area contributed by atoms with Crippen molar-refractivity contribution in [2.45, 2.75) is 65.5 Å². The minimum absolute atomic E-state index is 0.00231. The Hall–Kier alpha value is -1.69. The molecule has 3 heterocycles. The molecular weight excluding hydrogens is 320 g/mol. The van der Waals surface area contributed by atoms with Gasteiger partial charge < -0.3 is 10.2 Å². The average molecular weight is 347 g/mol. The molecule has 0 bridgehead atoms. The fourth-order valence-electron chi connectivity index (χ4n) is 3.29. The summed E-state index contributed by atoms with van der Waals surface area (Å²) in [7, 11) is 0. The lowest BCUT2D eigenvalue weighted by molar-refractivity contribution is 0.0943. The van der Waals surface area contributed by atoms with E-state index in [4.69, 9.17) is 0 Å². The molecule has 1 amide bonds. The number of piperidine rings is 1. The third-order valence-corrected chi connectivity index (χ3v) is 6.18. The molecule has 1 saturated heterocycles. The van der Waals surface area contributed by atoms with Crippen molar-refractivity contribution in [1.82, 2.24) is 15.3 Å². The third kappa shape index (κ3) is 3.11. The van der Waals surface area contributed by atoms with Gasteiger partial charge in [0.05, 0.1) is 10.3 Å². The van der Waals surface area contributed by atoms with Gasteiger partial charge >= 0.3 is 0 Å². The van der Waals surface area contributed by atoms with Gasteiger partial charge in [-0.05, 0) is 52.0 Å². The van der Waals surface area contributed by atoms with Crippen LogP contribution >= 0.6 is 11.3 Å². The Morgan fingerprint density at radius 1 is 1.46 bits per heavy atom. The minimum Gasteiger partial charge on any atom is -0.353 e. The molecule has 0 spiro atoms. The standard InChI is InChI=1S/C18H26N4OS/c1-5-11(2)21-17(23)15-13(4)14-16(19-10-20-18(14)24-15)22-9-7-6-8-12(22)3/h10-12H,5-9H2,1-4H3,(H,21,23)/t11-,12-/m1/s1. The number of carbonyl (C=O) groups is 1. The van der Waals surface area contributed by atoms with Gasteiger partial charge in [-0.25, -0.2) is 9.97 Å². The zero-order valence-corrected chi connectivity index (χ0v) is 15.7. The molecule has 0 radical (unpaired) electrons. The van der Waals surface area contributed by atoms with E-state index in [0.717, 1.165) is 39.4 Å². The largest absolute Gasteiger partial charge is 0.353 e. The number of rotatable bonds is 4. The number of thiophene rings is 1. The number of amides is 1. The zero-order chi connectivity index (χ0) is 17.3. The van der Waals surface area contributed by atoms with Crippen molar-refractivity contribution in [2.24, 2.45) is 0 Å². The zero-order valence-electron chi connectivity index (χ0n) is 14.9. The van der Waals surface area contributed by atoms with Crippen LogP contribution in [-0.4, -0.2) is 34.5 Å². The Morgan fingerprint density at radius 3 is 2.96 bits per heavy atom. The summed E-state index contributed by atoms with van der Waals surface area (Å²) in [5, 5.41) is 4.11. The predicted molar refractivity (Wildman–Crippen MR) is 100 cm³/mol. The van der Waals surface area contributed by atoms with Crippen LogP contribution in [-0.2, 0) is 0 Å². The first-order valence-electron chi connectivity index (χ1n) is 8.84. The van der Waals surface area contributed by atoms with Crippen molar-refractivity contribution < 1.29 is 4.79 Å². The van der Waals surface area contributed by atoms with Crippen LogP contribution in [0.4, 0.5) is 5.82 Å². The molecule has 3 rings (SSSR count). The summed E-state index contributed by atoms with van der Waals surface area (Å²) in [6.07, 6.45) is 6.21. The van der Waals surface area contributed by atoms with Crippen LogP contribution in [0, 0.1) is 6.92 Å². The SMILES string of the molecule is CC[C@@H](C)NC(=O)c1sc2ncnc(N3CCCC[C@H]3C)c2c1C. The van der Waals surface area contributed by atoms with Gasteiger partial charge in [-0.15, -0.1) is 11.3 Å². The van der Waals surface area contributed by atoms with Crippen LogP contribution in [0.2, 0.25) is 0 Å². The van der Waals surface area contributed by atoms with E-state index in [1.807, 2.05) is 13.8 Å². The predicted octanol–water partition coefficient (Wildman–Crippen LogP) is 3.91. The topological polar surface area (TPSA) is 58.1 Å². The highest BCUT2D eigenvalue weighted by Crippen LogP contribution is 2.36. The number of aromatic nitrogens is 2. The molecule has 2 aromatic rings. The van der Waals surface area contributed by atoms with E-state index in [1.54, 1.807) is 6.33 Å². The van der Waals surface area contributed by atoms with Gasteiger partial charge in [0.25, 0.3) is 5.91 Å². The van der Waals surface area contributed by atoms with E-state index < -0.39 is 0 Å². The van der Waals surface area contributed by atoms with Crippen LogP contribution in [0.5, 0.6) is 0 Å². The molecule has 0 aromatic carbocycles. The Kier molecular flexibility index (Phi) is 5.04. The second-order valence-corrected chi connectivity index (χ2v) is 7.75. The maximum Gasteiger partial charge on any atom is 0.261 e. The van der Waals surface area contributed by atoms with Gasteiger partial charge in [0.1, 0.15) is 17.0 Å². The van der Waals surface area contributed by atoms with Crippen LogP contribution in [0.15, 0.2) is 6.33 Å². The summed E-state index contributed by atoms with van der Waals surface area (Å²) in [5.41, 5.74) is 1.00. The van der Waals surface area contributed by atoms with E-state index in [9.17, 15) is 4.79 Å². The summed E-state index contributed by atoms with van der Waals surface area (Å²) >= 11 is 1.47. The number of carbonyl (C=O) groups excluding carboxylic acids is 1. The molecule has 5 nitrogen and oxygen atoms in total. The molecule has 2 aromatic heterocycles. The fraction of sp³-hybridized carbons (Fsp3) is 0.611. The average Bonchev–Trinajstić information content (AvgIpc) is 2.92. The minimum atomic E-state index is 0.00231. The number of hydrogen-bond donors (Lipinski definition) is 1. The van der Waals surface area contributed by atoms with Crippen molar-refractivity contribution in [3.05, 3.63) is 16.8 Å². The van der Waals surface area contributed by atoms with Gasteiger partial charge in [0.15, 0.2) is 0 Å². The number of anilines is 1. The number of nitrogens with zero attached hydrogens (tertiary/aromatic N) is 3. The van der Waals surface area contributed by atoms with Gasteiger partial charge in [-0.3, -0.25) is 4.79 Å². The number of fused-ring (bicyclic) bond motifs is 1. The van der Waals surface area contributed by atoms with Gasteiger partial charge in [-0.1, -0.05) is 6.92 Å². The highest BCUT2D eigenvalue weighted by atomic mass is 32.1. The van der Waals surface area contributed by atoms with Crippen molar-refractivity contribution in [3.8, 4) is 0 Å². The Bertz CT molecular complexity index is 742. The Morgan fingerprint density at radius 2 is 2.25 bits per heavy atom. The first-order valence-corrected chi connectivity index (χ1v) is 9.66. The summed E-state index contributed by atoms with van der Waals surface area (Å²) in [6, 6.07) is 0.656. The molecule has 1 fully saturated rings. The van der Waals surface area contributed by atoms with E-state index in [0.29, 0.717) is 6.04 Å². The second kappa shape index (κ2) is 7.05. The Balaban J connectivity index is 2.02. The first kappa shape index (κ1) is 17.1. The summed E-state index contributed by atoms with van der Waals surface area (Å²) in [4.78, 5) is 25.6. The van der Waals surface area contributed by atoms with Crippen LogP contribution in [0.25, 0.3) is 10.2 Å². The highest BCUT2D eigenvalue weighted by molar-refractivity contribution is 7.20. The molecule has 2 atom stereocenters. The molecule has 0 unspecified atom stereocenters. The molecule has 0 aliphatic carbocycles. The lowest BCUT2D eigenvalue weighted by Gasteiger charge is -2.34. The fourth-order valence-corrected chi connectivity index (χ4v) is 4.34. The van der Waals surface area contributed by atoms with E-state index in [1.165, 1.54) is 30.6 Å². The second-order valence-electron chi connectivity index (χ2n) is 6.75. The van der Waals surface area contributed by atoms with Crippen LogP contribution in [0.3, 0.4) is 0 Å². The normalized spacial score (nSPS) is 19.5. The summed E-state index contributed by atoms with van der Waals surface area (Å²) in [6.45, 7) is 9.40. The first-order chi connectivity index (χ1) is 11.5. The van der Waals surface area contributed by atoms with E-state index in [-0.39, 0.29) is 11.9 Å². The molecule has 130 valence electrons. The quantitative estimate of drug-likeness (QED) is 0.912. The third-order valence-electron chi connectivity index (χ3n) is 4.98. The van der Waals surface area contributed by atoms with Crippen molar-refractivity contribution in [3.63, 3.8) is 0 Å². The van der Waals surface area contributed by atoms with Crippen molar-refractivity contribution in [2.75, 3.05) is 11.4 Å². The maximum atomic E-state index is 12.6. The Labute approximate surface area is 147 Å². The maximum absolute atomic E-state index is 12.6. The van der Waals surface area contributed by atoms with Gasteiger partial charge in [-0.2, -0.15) is 0 Å². The highest BCUT2D eigenvalue weighted by Gasteiger charge is 2.26. The van der Waals surface area contributed by atoms with Gasteiger partial charge in [0, 0.05) is 18.6 Å². The van der Waals surface area contributed by atoms with E-state index in [2.05, 4.69) is 34.0 Å². The molecule has 1 aliphatic heterocycles. The van der Waals surface area contributed by atoms with Crippen molar-refractivity contribution >= 4 is 33.3 Å². The van der Waals surface area contributed by atoms with Crippen LogP contribution in [0.1, 0.15) is 61.7 Å².